The van der Waals surface area contributed by atoms with E-state index in [1.165, 1.54) is 12.1 Å². The zero-order valence-corrected chi connectivity index (χ0v) is 11.3. The van der Waals surface area contributed by atoms with Crippen LogP contribution >= 0.6 is 15.9 Å². The van der Waals surface area contributed by atoms with Gasteiger partial charge < -0.3 is 4.74 Å². The van der Waals surface area contributed by atoms with Crippen LogP contribution in [0.4, 0.5) is 8.78 Å². The monoisotopic (exact) mass is 326 g/mol. The molecule has 0 amide bonds. The summed E-state index contributed by atoms with van der Waals surface area (Å²) in [6.07, 6.45) is 0.706. The van der Waals surface area contributed by atoms with Crippen molar-refractivity contribution in [3.05, 3.63) is 63.6 Å². The lowest BCUT2D eigenvalue weighted by Crippen LogP contribution is -2.02. The van der Waals surface area contributed by atoms with Gasteiger partial charge in [-0.2, -0.15) is 0 Å². The van der Waals surface area contributed by atoms with Crippen molar-refractivity contribution < 1.29 is 18.3 Å². The number of hydrogen-bond acceptors (Lipinski definition) is 2. The number of rotatable bonds is 4. The van der Waals surface area contributed by atoms with Gasteiger partial charge in [-0.15, -0.1) is 0 Å². The highest BCUT2D eigenvalue weighted by molar-refractivity contribution is 9.10. The van der Waals surface area contributed by atoms with Crippen LogP contribution in [0, 0.1) is 11.6 Å². The Morgan fingerprint density at radius 3 is 2.42 bits per heavy atom. The molecule has 0 bridgehead atoms. The lowest BCUT2D eigenvalue weighted by Gasteiger charge is -2.09. The maximum absolute atomic E-state index is 13.7. The van der Waals surface area contributed by atoms with Gasteiger partial charge in [0.1, 0.15) is 30.3 Å². The first-order valence-corrected chi connectivity index (χ1v) is 6.21. The lowest BCUT2D eigenvalue weighted by molar-refractivity contribution is 0.112. The van der Waals surface area contributed by atoms with E-state index in [0.29, 0.717) is 17.6 Å². The van der Waals surface area contributed by atoms with Gasteiger partial charge in [0.15, 0.2) is 0 Å². The molecule has 0 unspecified atom stereocenters. The van der Waals surface area contributed by atoms with Crippen LogP contribution in [0.15, 0.2) is 40.9 Å². The molecule has 2 aromatic carbocycles. The van der Waals surface area contributed by atoms with Gasteiger partial charge in [-0.25, -0.2) is 8.78 Å². The van der Waals surface area contributed by atoms with Crippen molar-refractivity contribution in [1.29, 1.82) is 0 Å². The van der Waals surface area contributed by atoms with Gasteiger partial charge in [0.25, 0.3) is 0 Å². The van der Waals surface area contributed by atoms with E-state index >= 15 is 0 Å². The second kappa shape index (κ2) is 5.93. The molecule has 0 aliphatic rings. The van der Waals surface area contributed by atoms with E-state index in [1.54, 1.807) is 24.3 Å². The van der Waals surface area contributed by atoms with Crippen LogP contribution in [0.1, 0.15) is 15.9 Å². The third-order valence-electron chi connectivity index (χ3n) is 2.54. The lowest BCUT2D eigenvalue weighted by atomic mass is 10.2. The van der Waals surface area contributed by atoms with Crippen molar-refractivity contribution in [2.24, 2.45) is 0 Å². The molecule has 0 aliphatic heterocycles. The van der Waals surface area contributed by atoms with Gasteiger partial charge in [-0.1, -0.05) is 0 Å². The molecule has 0 fully saturated rings. The molecule has 0 heterocycles. The molecule has 19 heavy (non-hydrogen) atoms. The minimum atomic E-state index is -0.676. The number of aldehydes is 1. The van der Waals surface area contributed by atoms with Crippen molar-refractivity contribution >= 4 is 22.2 Å². The highest BCUT2D eigenvalue weighted by Gasteiger charge is 2.12. The average Bonchev–Trinajstić information content (AvgIpc) is 2.44. The van der Waals surface area contributed by atoms with Crippen molar-refractivity contribution in [2.45, 2.75) is 6.61 Å². The topological polar surface area (TPSA) is 26.3 Å². The van der Waals surface area contributed by atoms with Gasteiger partial charge in [0.2, 0.25) is 0 Å². The second-order valence-electron chi connectivity index (χ2n) is 3.80. The van der Waals surface area contributed by atoms with Gasteiger partial charge >= 0.3 is 0 Å². The summed E-state index contributed by atoms with van der Waals surface area (Å²) < 4.78 is 32.6. The Balaban J connectivity index is 2.14. The fourth-order valence-corrected chi connectivity index (χ4v) is 1.87. The standard InChI is InChI=1S/C14H9BrF2O2/c15-12-5-6-13(16)11(14(12)17)8-19-10-3-1-9(7-18)2-4-10/h1-7H,8H2. The zero-order valence-electron chi connectivity index (χ0n) is 9.70. The Labute approximate surface area is 117 Å². The molecular formula is C14H9BrF2O2. The van der Waals surface area contributed by atoms with Crippen molar-refractivity contribution in [3.63, 3.8) is 0 Å². The maximum atomic E-state index is 13.7. The number of carbonyl (C=O) groups is 1. The molecule has 0 atom stereocenters. The molecule has 0 N–H and O–H groups in total. The van der Waals surface area contributed by atoms with Crippen LogP contribution in [0.25, 0.3) is 0 Å². The Morgan fingerprint density at radius 2 is 1.79 bits per heavy atom. The zero-order chi connectivity index (χ0) is 13.8. The number of hydrogen-bond donors (Lipinski definition) is 0. The van der Waals surface area contributed by atoms with Gasteiger partial charge in [-0.3, -0.25) is 4.79 Å². The van der Waals surface area contributed by atoms with E-state index in [0.717, 1.165) is 0 Å². The molecule has 0 radical (unpaired) electrons. The van der Waals surface area contributed by atoms with Crippen LogP contribution in [0.3, 0.4) is 0 Å². The first kappa shape index (κ1) is 13.7. The van der Waals surface area contributed by atoms with Crippen LogP contribution in [-0.4, -0.2) is 6.29 Å². The summed E-state index contributed by atoms with van der Waals surface area (Å²) in [4.78, 5) is 10.5. The Morgan fingerprint density at radius 1 is 1.11 bits per heavy atom. The molecule has 2 nitrogen and oxygen atoms in total. The van der Waals surface area contributed by atoms with Gasteiger partial charge in [0.05, 0.1) is 10.0 Å². The molecular weight excluding hydrogens is 318 g/mol. The summed E-state index contributed by atoms with van der Waals surface area (Å²) in [5.74, 6) is -0.904. The molecule has 0 aromatic heterocycles. The number of benzene rings is 2. The average molecular weight is 327 g/mol. The summed E-state index contributed by atoms with van der Waals surface area (Å²) in [6.45, 7) is -0.225. The predicted octanol–water partition coefficient (Wildman–Crippen LogP) is 4.12. The van der Waals surface area contributed by atoms with Crippen molar-refractivity contribution in [1.82, 2.24) is 0 Å². The Hall–Kier alpha value is -1.75. The van der Waals surface area contributed by atoms with E-state index in [9.17, 15) is 13.6 Å². The Bertz CT molecular complexity index is 597. The Kier molecular flexibility index (Phi) is 4.27. The highest BCUT2D eigenvalue weighted by atomic mass is 79.9. The summed E-state index contributed by atoms with van der Waals surface area (Å²) in [5, 5.41) is 0. The van der Waals surface area contributed by atoms with Crippen molar-refractivity contribution in [3.8, 4) is 5.75 Å². The summed E-state index contributed by atoms with van der Waals surface area (Å²) in [7, 11) is 0. The summed E-state index contributed by atoms with van der Waals surface area (Å²) >= 11 is 2.99. The first-order chi connectivity index (χ1) is 9.11. The van der Waals surface area contributed by atoms with Crippen LogP contribution in [-0.2, 0) is 6.61 Å². The highest BCUT2D eigenvalue weighted by Crippen LogP contribution is 2.23. The van der Waals surface area contributed by atoms with Gasteiger partial charge in [-0.05, 0) is 52.3 Å². The SMILES string of the molecule is O=Cc1ccc(OCc2c(F)ccc(Br)c2F)cc1. The van der Waals surface area contributed by atoms with Crippen LogP contribution in [0.5, 0.6) is 5.75 Å². The molecule has 0 saturated carbocycles. The van der Waals surface area contributed by atoms with E-state index in [2.05, 4.69) is 15.9 Å². The number of ether oxygens (including phenoxy) is 1. The van der Waals surface area contributed by atoms with Crippen molar-refractivity contribution in [2.75, 3.05) is 0 Å². The third kappa shape index (κ3) is 3.17. The quantitative estimate of drug-likeness (QED) is 0.624. The fourth-order valence-electron chi connectivity index (χ4n) is 1.50. The second-order valence-corrected chi connectivity index (χ2v) is 4.65. The molecule has 98 valence electrons. The third-order valence-corrected chi connectivity index (χ3v) is 3.15. The van der Waals surface area contributed by atoms with E-state index in [-0.39, 0.29) is 16.6 Å². The normalized spacial score (nSPS) is 10.3. The summed E-state index contributed by atoms with van der Waals surface area (Å²) in [6, 6.07) is 8.73. The number of halogens is 3. The van der Waals surface area contributed by atoms with Crippen LogP contribution in [0.2, 0.25) is 0 Å². The minimum Gasteiger partial charge on any atom is -0.489 e. The molecule has 0 spiro atoms. The minimum absolute atomic E-state index is 0.145. The predicted molar refractivity (Wildman–Crippen MR) is 70.2 cm³/mol. The fraction of sp³-hybridized carbons (Fsp3) is 0.0714. The molecule has 0 aliphatic carbocycles. The van der Waals surface area contributed by atoms with E-state index < -0.39 is 11.6 Å². The van der Waals surface area contributed by atoms with Crippen LogP contribution < -0.4 is 4.74 Å². The van der Waals surface area contributed by atoms with Gasteiger partial charge in [0, 0.05) is 5.56 Å². The maximum Gasteiger partial charge on any atom is 0.150 e. The van der Waals surface area contributed by atoms with E-state index in [1.807, 2.05) is 0 Å². The summed E-state index contributed by atoms with van der Waals surface area (Å²) in [5.41, 5.74) is 0.362. The molecule has 2 rings (SSSR count). The molecule has 2 aromatic rings. The largest absolute Gasteiger partial charge is 0.489 e. The first-order valence-electron chi connectivity index (χ1n) is 5.42. The molecule has 0 saturated heterocycles. The van der Waals surface area contributed by atoms with E-state index in [4.69, 9.17) is 4.74 Å². The molecule has 5 heteroatoms. The smallest absolute Gasteiger partial charge is 0.150 e. The number of carbonyl (C=O) groups excluding carboxylic acids is 1.